The van der Waals surface area contributed by atoms with Gasteiger partial charge in [-0.05, 0) is 25.1 Å². The van der Waals surface area contributed by atoms with Crippen molar-refractivity contribution in [3.05, 3.63) is 34.3 Å². The molecule has 0 saturated carbocycles. The summed E-state index contributed by atoms with van der Waals surface area (Å²) in [7, 11) is 0. The summed E-state index contributed by atoms with van der Waals surface area (Å²) < 4.78 is 4.78. The lowest BCUT2D eigenvalue weighted by atomic mass is 10.1. The molecule has 0 N–H and O–H groups in total. The first-order chi connectivity index (χ1) is 6.67. The quantitative estimate of drug-likeness (QED) is 0.703. The molecule has 0 amide bonds. The number of ether oxygens (including phenoxy) is 1. The lowest BCUT2D eigenvalue weighted by Crippen LogP contribution is -2.04. The van der Waals surface area contributed by atoms with E-state index in [1.54, 1.807) is 6.92 Å². The fourth-order valence-electron chi connectivity index (χ4n) is 0.986. The molecule has 0 aliphatic carbocycles. The highest BCUT2D eigenvalue weighted by atomic mass is 35.5. The molecule has 0 bridgehead atoms. The largest absolute Gasteiger partial charge is 0.462 e. The lowest BCUT2D eigenvalue weighted by Gasteiger charge is -2.02. The molecule has 0 atom stereocenters. The minimum absolute atomic E-state index is 0.299. The molecule has 72 valence electrons. The molecule has 0 aliphatic rings. The van der Waals surface area contributed by atoms with E-state index >= 15 is 0 Å². The van der Waals surface area contributed by atoms with Crippen LogP contribution in [0.1, 0.15) is 22.8 Å². The number of hydrogen-bond acceptors (Lipinski definition) is 3. The Bertz CT molecular complexity index is 396. The summed E-state index contributed by atoms with van der Waals surface area (Å²) in [4.78, 5) is 11.3. The van der Waals surface area contributed by atoms with Crippen LogP contribution in [0.3, 0.4) is 0 Å². The van der Waals surface area contributed by atoms with Crippen molar-refractivity contribution in [2.24, 2.45) is 0 Å². The standard InChI is InChI=1S/C10H8ClNO2/c1-2-14-10(13)8-3-7(6-12)4-9(11)5-8/h3-5H,2H2,1H3. The summed E-state index contributed by atoms with van der Waals surface area (Å²) in [5.41, 5.74) is 0.649. The highest BCUT2D eigenvalue weighted by Gasteiger charge is 2.08. The summed E-state index contributed by atoms with van der Waals surface area (Å²) >= 11 is 5.71. The zero-order valence-electron chi connectivity index (χ0n) is 7.58. The smallest absolute Gasteiger partial charge is 0.338 e. The van der Waals surface area contributed by atoms with E-state index in [9.17, 15) is 4.79 Å². The summed E-state index contributed by atoms with van der Waals surface area (Å²) in [6.07, 6.45) is 0. The third kappa shape index (κ3) is 2.48. The van der Waals surface area contributed by atoms with Crippen LogP contribution in [-0.4, -0.2) is 12.6 Å². The first-order valence-electron chi connectivity index (χ1n) is 4.05. The van der Waals surface area contributed by atoms with Gasteiger partial charge < -0.3 is 4.74 Å². The molecule has 4 heteroatoms. The van der Waals surface area contributed by atoms with Gasteiger partial charge in [0.1, 0.15) is 0 Å². The zero-order chi connectivity index (χ0) is 10.6. The Hall–Kier alpha value is -1.53. The van der Waals surface area contributed by atoms with Crippen LogP contribution in [0.4, 0.5) is 0 Å². The van der Waals surface area contributed by atoms with Gasteiger partial charge in [0.15, 0.2) is 0 Å². The van der Waals surface area contributed by atoms with Crippen molar-refractivity contribution in [3.63, 3.8) is 0 Å². The summed E-state index contributed by atoms with van der Waals surface area (Å²) in [5.74, 6) is -0.466. The first kappa shape index (κ1) is 10.6. The van der Waals surface area contributed by atoms with Gasteiger partial charge in [-0.1, -0.05) is 11.6 Å². The van der Waals surface area contributed by atoms with E-state index in [4.69, 9.17) is 21.6 Å². The number of carbonyl (C=O) groups excluding carboxylic acids is 1. The van der Waals surface area contributed by atoms with Crippen LogP contribution in [0.2, 0.25) is 5.02 Å². The van der Waals surface area contributed by atoms with Crippen LogP contribution in [0.25, 0.3) is 0 Å². The third-order valence-corrected chi connectivity index (χ3v) is 1.76. The molecule has 1 rings (SSSR count). The topological polar surface area (TPSA) is 50.1 Å². The SMILES string of the molecule is CCOC(=O)c1cc(Cl)cc(C#N)c1. The predicted octanol–water partition coefficient (Wildman–Crippen LogP) is 2.39. The second-order valence-corrected chi connectivity index (χ2v) is 3.00. The van der Waals surface area contributed by atoms with E-state index < -0.39 is 5.97 Å². The van der Waals surface area contributed by atoms with E-state index in [0.717, 1.165) is 0 Å². The van der Waals surface area contributed by atoms with Gasteiger partial charge >= 0.3 is 5.97 Å². The maximum atomic E-state index is 11.3. The Morgan fingerprint density at radius 1 is 1.57 bits per heavy atom. The molecule has 1 aromatic carbocycles. The molecule has 0 spiro atoms. The van der Waals surface area contributed by atoms with Crippen LogP contribution in [0, 0.1) is 11.3 Å². The molecular formula is C10H8ClNO2. The predicted molar refractivity (Wildman–Crippen MR) is 52.1 cm³/mol. The van der Waals surface area contributed by atoms with Crippen molar-refractivity contribution in [1.29, 1.82) is 5.26 Å². The van der Waals surface area contributed by atoms with Gasteiger partial charge in [0.05, 0.1) is 23.8 Å². The van der Waals surface area contributed by atoms with Gasteiger partial charge in [-0.2, -0.15) is 5.26 Å². The van der Waals surface area contributed by atoms with Gasteiger partial charge in [-0.3, -0.25) is 0 Å². The highest BCUT2D eigenvalue weighted by Crippen LogP contribution is 2.15. The van der Waals surface area contributed by atoms with Gasteiger partial charge in [0, 0.05) is 5.02 Å². The molecule has 0 radical (unpaired) electrons. The van der Waals surface area contributed by atoms with Crippen LogP contribution < -0.4 is 0 Å². The van der Waals surface area contributed by atoms with Crippen molar-refractivity contribution >= 4 is 17.6 Å². The van der Waals surface area contributed by atoms with Crippen LogP contribution >= 0.6 is 11.6 Å². The zero-order valence-corrected chi connectivity index (χ0v) is 8.34. The molecule has 0 saturated heterocycles. The lowest BCUT2D eigenvalue weighted by molar-refractivity contribution is 0.0526. The molecular weight excluding hydrogens is 202 g/mol. The minimum Gasteiger partial charge on any atom is -0.462 e. The summed E-state index contributed by atoms with van der Waals surface area (Å²) in [5, 5.41) is 8.99. The van der Waals surface area contributed by atoms with Crippen molar-refractivity contribution in [1.82, 2.24) is 0 Å². The minimum atomic E-state index is -0.466. The van der Waals surface area contributed by atoms with E-state index in [0.29, 0.717) is 22.8 Å². The monoisotopic (exact) mass is 209 g/mol. The third-order valence-electron chi connectivity index (χ3n) is 1.54. The van der Waals surface area contributed by atoms with Crippen molar-refractivity contribution in [2.45, 2.75) is 6.92 Å². The Kier molecular flexibility index (Phi) is 3.49. The number of esters is 1. The number of rotatable bonds is 2. The van der Waals surface area contributed by atoms with E-state index in [-0.39, 0.29) is 0 Å². The molecule has 0 fully saturated rings. The number of halogens is 1. The van der Waals surface area contributed by atoms with Crippen molar-refractivity contribution < 1.29 is 9.53 Å². The molecule has 3 nitrogen and oxygen atoms in total. The van der Waals surface area contributed by atoms with Crippen LogP contribution in [0.5, 0.6) is 0 Å². The number of benzene rings is 1. The van der Waals surface area contributed by atoms with Gasteiger partial charge in [-0.25, -0.2) is 4.79 Å². The Labute approximate surface area is 86.9 Å². The maximum Gasteiger partial charge on any atom is 0.338 e. The molecule has 1 aromatic rings. The second-order valence-electron chi connectivity index (χ2n) is 2.56. The number of carbonyl (C=O) groups is 1. The average molecular weight is 210 g/mol. The van der Waals surface area contributed by atoms with Gasteiger partial charge in [0.25, 0.3) is 0 Å². The van der Waals surface area contributed by atoms with E-state index in [1.165, 1.54) is 18.2 Å². The first-order valence-corrected chi connectivity index (χ1v) is 4.43. The van der Waals surface area contributed by atoms with E-state index in [2.05, 4.69) is 0 Å². The number of nitrogens with zero attached hydrogens (tertiary/aromatic N) is 1. The molecule has 0 heterocycles. The summed E-state index contributed by atoms with van der Waals surface area (Å²) in [6, 6.07) is 6.32. The highest BCUT2D eigenvalue weighted by molar-refractivity contribution is 6.31. The van der Waals surface area contributed by atoms with Gasteiger partial charge in [-0.15, -0.1) is 0 Å². The Morgan fingerprint density at radius 3 is 2.86 bits per heavy atom. The normalized spacial score (nSPS) is 9.21. The average Bonchev–Trinajstić information content (AvgIpc) is 2.17. The Morgan fingerprint density at radius 2 is 2.29 bits per heavy atom. The number of hydrogen-bond donors (Lipinski definition) is 0. The molecule has 0 aromatic heterocycles. The van der Waals surface area contributed by atoms with Crippen molar-refractivity contribution in [3.8, 4) is 6.07 Å². The fourth-order valence-corrected chi connectivity index (χ4v) is 1.22. The molecule has 0 unspecified atom stereocenters. The summed E-state index contributed by atoms with van der Waals surface area (Å²) in [6.45, 7) is 2.01. The van der Waals surface area contributed by atoms with Gasteiger partial charge in [0.2, 0.25) is 0 Å². The van der Waals surface area contributed by atoms with Crippen LogP contribution in [0.15, 0.2) is 18.2 Å². The Balaban J connectivity index is 3.04. The fraction of sp³-hybridized carbons (Fsp3) is 0.200. The second kappa shape index (κ2) is 4.64. The molecule has 14 heavy (non-hydrogen) atoms. The van der Waals surface area contributed by atoms with Crippen LogP contribution in [-0.2, 0) is 4.74 Å². The molecule has 0 aliphatic heterocycles. The van der Waals surface area contributed by atoms with Crippen molar-refractivity contribution in [2.75, 3.05) is 6.61 Å². The maximum absolute atomic E-state index is 11.3. The number of nitriles is 1. The van der Waals surface area contributed by atoms with E-state index in [1.807, 2.05) is 6.07 Å².